The Kier molecular flexibility index (Phi) is 7.79. The molecule has 1 unspecified atom stereocenters. The molecule has 2 aromatic rings. The molecule has 0 aliphatic carbocycles. The number of anilines is 1. The number of rotatable bonds is 7. The van der Waals surface area contributed by atoms with Gasteiger partial charge in [0.2, 0.25) is 0 Å². The molecule has 10 nitrogen and oxygen atoms in total. The number of phenolic OH excluding ortho intramolecular Hbond substituents is 1. The van der Waals surface area contributed by atoms with Gasteiger partial charge in [0.1, 0.15) is 6.61 Å². The maximum absolute atomic E-state index is 13.8. The largest absolute Gasteiger partial charge is 0.504 e. The highest BCUT2D eigenvalue weighted by atomic mass is 32.2. The van der Waals surface area contributed by atoms with Crippen LogP contribution in [0.5, 0.6) is 11.5 Å². The molecule has 2 amide bonds. The fourth-order valence-electron chi connectivity index (χ4n) is 4.75. The van der Waals surface area contributed by atoms with Crippen molar-refractivity contribution in [3.8, 4) is 11.5 Å². The molecule has 202 valence electrons. The topological polar surface area (TPSA) is 123 Å². The number of aromatic hydroxyl groups is 1. The normalized spacial score (nSPS) is 19.1. The van der Waals surface area contributed by atoms with Crippen LogP contribution in [0.1, 0.15) is 29.3 Å². The second-order valence-corrected chi connectivity index (χ2v) is 11.1. The summed E-state index contributed by atoms with van der Waals surface area (Å²) in [7, 11) is -0.546. The minimum atomic E-state index is -3.34. The van der Waals surface area contributed by atoms with E-state index in [2.05, 4.69) is 6.58 Å². The van der Waals surface area contributed by atoms with E-state index in [0.29, 0.717) is 6.42 Å². The van der Waals surface area contributed by atoms with Crippen molar-refractivity contribution >= 4 is 33.1 Å². The van der Waals surface area contributed by atoms with Crippen LogP contribution >= 0.6 is 0 Å². The molecule has 38 heavy (non-hydrogen) atoms. The molecular formula is C27H30N2O8S. The van der Waals surface area contributed by atoms with Gasteiger partial charge >= 0.3 is 6.09 Å². The van der Waals surface area contributed by atoms with Crippen molar-refractivity contribution < 1.29 is 37.3 Å². The molecule has 2 aliphatic heterocycles. The summed E-state index contributed by atoms with van der Waals surface area (Å²) in [5, 5.41) is 10.5. The van der Waals surface area contributed by atoms with Gasteiger partial charge in [-0.3, -0.25) is 4.79 Å². The van der Waals surface area contributed by atoms with Gasteiger partial charge in [-0.2, -0.15) is 0 Å². The third kappa shape index (κ3) is 4.86. The number of phenols is 1. The van der Waals surface area contributed by atoms with Crippen LogP contribution in [0, 0.1) is 0 Å². The van der Waals surface area contributed by atoms with Crippen LogP contribution in [0.15, 0.2) is 60.0 Å². The van der Waals surface area contributed by atoms with Crippen molar-refractivity contribution in [3.05, 3.63) is 66.3 Å². The Labute approximate surface area is 221 Å². The van der Waals surface area contributed by atoms with Gasteiger partial charge in [-0.25, -0.2) is 18.1 Å². The second kappa shape index (κ2) is 10.9. The minimum Gasteiger partial charge on any atom is -0.504 e. The Morgan fingerprint density at radius 2 is 1.92 bits per heavy atom. The number of benzene rings is 2. The first-order chi connectivity index (χ1) is 18.2. The summed E-state index contributed by atoms with van der Waals surface area (Å²) in [5.41, 5.74) is 1.93. The average molecular weight is 543 g/mol. The van der Waals surface area contributed by atoms with Crippen LogP contribution in [0.4, 0.5) is 10.5 Å². The van der Waals surface area contributed by atoms with Crippen molar-refractivity contribution in [3.63, 3.8) is 0 Å². The van der Waals surface area contributed by atoms with E-state index in [4.69, 9.17) is 14.2 Å². The summed E-state index contributed by atoms with van der Waals surface area (Å²) in [4.78, 5) is 30.1. The van der Waals surface area contributed by atoms with Gasteiger partial charge in [0.15, 0.2) is 27.6 Å². The molecule has 0 aromatic heterocycles. The molecule has 4 rings (SSSR count). The lowest BCUT2D eigenvalue weighted by atomic mass is 9.93. The van der Waals surface area contributed by atoms with Crippen LogP contribution < -0.4 is 9.64 Å². The molecule has 1 N–H and O–H groups in total. The first-order valence-corrected chi connectivity index (χ1v) is 13.7. The fourth-order valence-corrected chi connectivity index (χ4v) is 5.63. The fraction of sp³-hybridized carbons (Fsp3) is 0.333. The first-order valence-electron chi connectivity index (χ1n) is 12.0. The van der Waals surface area contributed by atoms with Gasteiger partial charge in [0.25, 0.3) is 5.91 Å². The molecule has 2 heterocycles. The Bertz CT molecular complexity index is 1380. The second-order valence-electron chi connectivity index (χ2n) is 8.79. The molecule has 0 radical (unpaired) electrons. The van der Waals surface area contributed by atoms with Gasteiger partial charge in [-0.05, 0) is 35.8 Å². The average Bonchev–Trinajstić information content (AvgIpc) is 3.03. The minimum absolute atomic E-state index is 0.00238. The number of hydrogen-bond acceptors (Lipinski definition) is 8. The Hall–Kier alpha value is -3.83. The van der Waals surface area contributed by atoms with E-state index >= 15 is 0 Å². The van der Waals surface area contributed by atoms with E-state index in [1.807, 2.05) is 6.08 Å². The van der Waals surface area contributed by atoms with Crippen LogP contribution in [-0.2, 0) is 19.3 Å². The van der Waals surface area contributed by atoms with Crippen molar-refractivity contribution in [2.75, 3.05) is 38.0 Å². The van der Waals surface area contributed by atoms with Gasteiger partial charge in [-0.1, -0.05) is 37.8 Å². The molecule has 0 fully saturated rings. The number of hydrogen-bond donors (Lipinski definition) is 1. The molecule has 0 spiro atoms. The number of nitrogens with zero attached hydrogens (tertiary/aromatic N) is 2. The summed E-state index contributed by atoms with van der Waals surface area (Å²) >= 11 is 0. The maximum atomic E-state index is 13.8. The highest BCUT2D eigenvalue weighted by Crippen LogP contribution is 2.42. The summed E-state index contributed by atoms with van der Waals surface area (Å²) in [6.45, 7) is 5.31. The molecule has 0 saturated heterocycles. The van der Waals surface area contributed by atoms with E-state index in [0.717, 1.165) is 11.1 Å². The van der Waals surface area contributed by atoms with Gasteiger partial charge in [-0.15, -0.1) is 0 Å². The number of sulfone groups is 1. The lowest BCUT2D eigenvalue weighted by Crippen LogP contribution is -2.55. The molecular weight excluding hydrogens is 512 g/mol. The third-order valence-electron chi connectivity index (χ3n) is 6.72. The van der Waals surface area contributed by atoms with Gasteiger partial charge in [0.05, 0.1) is 35.1 Å². The Morgan fingerprint density at radius 3 is 2.53 bits per heavy atom. The van der Waals surface area contributed by atoms with E-state index in [1.165, 1.54) is 37.3 Å². The Morgan fingerprint density at radius 1 is 1.21 bits per heavy atom. The number of fused-ring (bicyclic) bond motifs is 2. The predicted octanol–water partition coefficient (Wildman–Crippen LogP) is 3.61. The van der Waals surface area contributed by atoms with E-state index in [1.54, 1.807) is 36.1 Å². The lowest BCUT2D eigenvalue weighted by Gasteiger charge is -2.40. The van der Waals surface area contributed by atoms with Crippen molar-refractivity contribution in [2.45, 2.75) is 30.5 Å². The number of ether oxygens (including phenoxy) is 3. The summed E-state index contributed by atoms with van der Waals surface area (Å²) < 4.78 is 40.8. The SMILES string of the molecule is C=CCOC(=O)N1c2cc(O)c(OC)cc2C(=O)N2CC=C(c3ccc(S(=O)(=O)CC)cc3)C[C@H]2C1OC. The molecule has 0 saturated carbocycles. The smallest absolute Gasteiger partial charge is 0.416 e. The monoisotopic (exact) mass is 542 g/mol. The van der Waals surface area contributed by atoms with Crippen molar-refractivity contribution in [1.29, 1.82) is 0 Å². The number of amides is 2. The van der Waals surface area contributed by atoms with Gasteiger partial charge in [0, 0.05) is 19.7 Å². The van der Waals surface area contributed by atoms with Crippen LogP contribution in [-0.4, -0.2) is 75.8 Å². The predicted molar refractivity (Wildman–Crippen MR) is 141 cm³/mol. The van der Waals surface area contributed by atoms with Crippen LogP contribution in [0.25, 0.3) is 5.57 Å². The molecule has 2 atom stereocenters. The highest BCUT2D eigenvalue weighted by Gasteiger charge is 2.45. The standard InChI is InChI=1S/C27H30N2O8S/c1-5-13-37-27(32)29-21-16-23(30)24(35-3)15-20(21)25(31)28-12-11-18(14-22(28)26(29)36-4)17-7-9-19(10-8-17)38(33,34)6-2/h5,7-11,15-16,22,26,30H,1,6,12-14H2,2-4H3/t22-,26?/m0/s1. The number of methoxy groups -OCH3 is 2. The van der Waals surface area contributed by atoms with E-state index in [9.17, 15) is 23.1 Å². The third-order valence-corrected chi connectivity index (χ3v) is 8.47. The van der Waals surface area contributed by atoms with Crippen molar-refractivity contribution in [2.24, 2.45) is 0 Å². The van der Waals surface area contributed by atoms with E-state index < -0.39 is 28.2 Å². The first kappa shape index (κ1) is 27.2. The van der Waals surface area contributed by atoms with Crippen molar-refractivity contribution in [1.82, 2.24) is 4.90 Å². The molecule has 11 heteroatoms. The Balaban J connectivity index is 1.79. The van der Waals surface area contributed by atoms with Crippen LogP contribution in [0.3, 0.4) is 0 Å². The summed E-state index contributed by atoms with van der Waals surface area (Å²) in [6, 6.07) is 8.66. The molecule has 2 aromatic carbocycles. The van der Waals surface area contributed by atoms with Crippen LogP contribution in [0.2, 0.25) is 0 Å². The summed E-state index contributed by atoms with van der Waals surface area (Å²) in [6.07, 6.45) is 1.89. The zero-order chi connectivity index (χ0) is 27.6. The maximum Gasteiger partial charge on any atom is 0.416 e. The number of carbonyl (C=O) groups excluding carboxylic acids is 2. The quantitative estimate of drug-likeness (QED) is 0.527. The van der Waals surface area contributed by atoms with Gasteiger partial charge < -0.3 is 24.2 Å². The molecule has 0 bridgehead atoms. The highest BCUT2D eigenvalue weighted by molar-refractivity contribution is 7.91. The lowest BCUT2D eigenvalue weighted by molar-refractivity contribution is 0.0175. The number of carbonyl (C=O) groups is 2. The zero-order valence-electron chi connectivity index (χ0n) is 21.4. The summed E-state index contributed by atoms with van der Waals surface area (Å²) in [5.74, 6) is -0.540. The molecule has 2 aliphatic rings. The van der Waals surface area contributed by atoms with E-state index in [-0.39, 0.29) is 52.5 Å². The zero-order valence-corrected chi connectivity index (χ0v) is 22.2.